The fraction of sp³-hybridized carbons (Fsp3) is 0.0769. The zero-order valence-corrected chi connectivity index (χ0v) is 24.4. The average Bonchev–Trinajstić information content (AvgIpc) is 3.07. The first-order valence-electron chi connectivity index (χ1n) is 14.9. The molecule has 2 aliphatic heterocycles. The maximum atomic E-state index is 6.34. The van der Waals surface area contributed by atoms with Gasteiger partial charge in [0.05, 0.1) is 34.0 Å². The SMILES string of the molecule is CC1(C)c2ccccc2N(c2ccc3c(N4c5ccccc5Oc5ccccc54)cc4ncncc4c3c2)c2ccccc21. The minimum Gasteiger partial charge on any atom is -0.453 e. The van der Waals surface area contributed by atoms with E-state index in [1.54, 1.807) is 6.33 Å². The lowest BCUT2D eigenvalue weighted by Crippen LogP contribution is -2.30. The molecule has 0 atom stereocenters. The number of anilines is 6. The monoisotopic (exact) mass is 568 g/mol. The van der Waals surface area contributed by atoms with Gasteiger partial charge in [-0.2, -0.15) is 0 Å². The topological polar surface area (TPSA) is 41.5 Å². The number of hydrogen-bond donors (Lipinski definition) is 0. The van der Waals surface area contributed by atoms with E-state index in [1.165, 1.54) is 22.5 Å². The summed E-state index contributed by atoms with van der Waals surface area (Å²) in [5.41, 5.74) is 9.90. The highest BCUT2D eigenvalue weighted by Gasteiger charge is 2.36. The van der Waals surface area contributed by atoms with Crippen molar-refractivity contribution in [3.63, 3.8) is 0 Å². The molecule has 7 aromatic rings. The average molecular weight is 569 g/mol. The number of aromatic nitrogens is 2. The highest BCUT2D eigenvalue weighted by atomic mass is 16.5. The van der Waals surface area contributed by atoms with Gasteiger partial charge in [-0.1, -0.05) is 80.6 Å². The van der Waals surface area contributed by atoms with Gasteiger partial charge in [-0.25, -0.2) is 9.97 Å². The van der Waals surface area contributed by atoms with Gasteiger partial charge in [-0.05, 0) is 71.1 Å². The Kier molecular flexibility index (Phi) is 5.18. The van der Waals surface area contributed by atoms with Crippen LogP contribution in [0.3, 0.4) is 0 Å². The molecule has 0 fully saturated rings. The van der Waals surface area contributed by atoms with Crippen molar-refractivity contribution in [3.8, 4) is 11.5 Å². The van der Waals surface area contributed by atoms with Crippen LogP contribution in [0.4, 0.5) is 34.1 Å². The van der Waals surface area contributed by atoms with Crippen molar-refractivity contribution in [2.24, 2.45) is 0 Å². The first-order valence-corrected chi connectivity index (χ1v) is 14.9. The minimum atomic E-state index is -0.120. The first kappa shape index (κ1) is 24.9. The predicted octanol–water partition coefficient (Wildman–Crippen LogP) is 10.5. The third-order valence-electron chi connectivity index (χ3n) is 9.15. The number of para-hydroxylation sites is 6. The van der Waals surface area contributed by atoms with Gasteiger partial charge in [0.25, 0.3) is 0 Å². The number of rotatable bonds is 2. The Morgan fingerprint density at radius 3 is 1.80 bits per heavy atom. The maximum Gasteiger partial charge on any atom is 0.151 e. The Morgan fingerprint density at radius 2 is 1.14 bits per heavy atom. The molecule has 2 aliphatic rings. The fourth-order valence-electron chi connectivity index (χ4n) is 7.08. The number of fused-ring (bicyclic) bond motifs is 7. The van der Waals surface area contributed by atoms with Crippen molar-refractivity contribution in [2.45, 2.75) is 19.3 Å². The third kappa shape index (κ3) is 3.47. The van der Waals surface area contributed by atoms with Crippen molar-refractivity contribution in [1.82, 2.24) is 9.97 Å². The Labute approximate surface area is 255 Å². The molecule has 1 aromatic heterocycles. The second kappa shape index (κ2) is 9.16. The van der Waals surface area contributed by atoms with Crippen LogP contribution in [0.5, 0.6) is 11.5 Å². The summed E-state index contributed by atoms with van der Waals surface area (Å²) in [6.45, 7) is 4.63. The Balaban J connectivity index is 1.33. The van der Waals surface area contributed by atoms with E-state index < -0.39 is 0 Å². The molecule has 44 heavy (non-hydrogen) atoms. The molecular weight excluding hydrogens is 540 g/mol. The van der Waals surface area contributed by atoms with Crippen LogP contribution in [0, 0.1) is 0 Å². The molecule has 210 valence electrons. The molecule has 0 radical (unpaired) electrons. The number of benzene rings is 6. The van der Waals surface area contributed by atoms with E-state index >= 15 is 0 Å². The summed E-state index contributed by atoms with van der Waals surface area (Å²) in [4.78, 5) is 13.9. The molecule has 5 heteroatoms. The zero-order chi connectivity index (χ0) is 29.4. The van der Waals surface area contributed by atoms with Crippen molar-refractivity contribution >= 4 is 55.8 Å². The second-order valence-electron chi connectivity index (χ2n) is 11.9. The maximum absolute atomic E-state index is 6.34. The molecule has 6 aromatic carbocycles. The van der Waals surface area contributed by atoms with Crippen LogP contribution < -0.4 is 14.5 Å². The van der Waals surface area contributed by atoms with Crippen LogP contribution in [0.25, 0.3) is 21.7 Å². The van der Waals surface area contributed by atoms with Crippen LogP contribution in [0.2, 0.25) is 0 Å². The lowest BCUT2D eigenvalue weighted by molar-refractivity contribution is 0.477. The van der Waals surface area contributed by atoms with Gasteiger partial charge in [0, 0.05) is 28.1 Å². The summed E-state index contributed by atoms with van der Waals surface area (Å²) in [6.07, 6.45) is 3.56. The van der Waals surface area contributed by atoms with Gasteiger partial charge in [0.1, 0.15) is 6.33 Å². The molecular formula is C39H28N4O. The summed E-state index contributed by atoms with van der Waals surface area (Å²) in [6, 6.07) is 42.9. The molecule has 0 bridgehead atoms. The lowest BCUT2D eigenvalue weighted by atomic mass is 9.73. The van der Waals surface area contributed by atoms with Crippen molar-refractivity contribution < 1.29 is 4.74 Å². The summed E-state index contributed by atoms with van der Waals surface area (Å²) in [5.74, 6) is 1.64. The number of ether oxygens (including phenoxy) is 1. The van der Waals surface area contributed by atoms with E-state index in [2.05, 4.69) is 126 Å². The predicted molar refractivity (Wildman–Crippen MR) is 179 cm³/mol. The number of hydrogen-bond acceptors (Lipinski definition) is 5. The van der Waals surface area contributed by atoms with Gasteiger partial charge < -0.3 is 14.5 Å². The third-order valence-corrected chi connectivity index (χ3v) is 9.15. The highest BCUT2D eigenvalue weighted by molar-refractivity contribution is 6.15. The van der Waals surface area contributed by atoms with Gasteiger partial charge in [0.2, 0.25) is 0 Å². The van der Waals surface area contributed by atoms with Gasteiger partial charge >= 0.3 is 0 Å². The molecule has 0 unspecified atom stereocenters. The smallest absolute Gasteiger partial charge is 0.151 e. The first-order chi connectivity index (χ1) is 21.6. The zero-order valence-electron chi connectivity index (χ0n) is 24.4. The molecule has 0 aliphatic carbocycles. The summed E-state index contributed by atoms with van der Waals surface area (Å²) < 4.78 is 6.34. The van der Waals surface area contributed by atoms with Crippen molar-refractivity contribution in [1.29, 1.82) is 0 Å². The van der Waals surface area contributed by atoms with Crippen molar-refractivity contribution in [2.75, 3.05) is 9.80 Å². The van der Waals surface area contributed by atoms with Crippen LogP contribution in [0.1, 0.15) is 25.0 Å². The van der Waals surface area contributed by atoms with Crippen molar-refractivity contribution in [3.05, 3.63) is 145 Å². The van der Waals surface area contributed by atoms with E-state index in [0.717, 1.165) is 55.9 Å². The highest BCUT2D eigenvalue weighted by Crippen LogP contribution is 2.54. The van der Waals surface area contributed by atoms with E-state index in [1.807, 2.05) is 30.5 Å². The molecule has 0 saturated heterocycles. The van der Waals surface area contributed by atoms with Crippen LogP contribution >= 0.6 is 0 Å². The minimum absolute atomic E-state index is 0.120. The molecule has 0 spiro atoms. The second-order valence-corrected chi connectivity index (χ2v) is 11.9. The van der Waals surface area contributed by atoms with Gasteiger partial charge in [0.15, 0.2) is 11.5 Å². The molecule has 5 nitrogen and oxygen atoms in total. The standard InChI is InChI=1S/C39H28N4O/c1-39(2)29-11-3-5-13-32(29)42(33-14-6-4-12-30(33)39)25-19-20-26-27(21-25)28-23-40-24-41-31(28)22-36(26)43-34-15-7-9-17-37(34)44-38-18-10-8-16-35(38)43/h3-24H,1-2H3. The summed E-state index contributed by atoms with van der Waals surface area (Å²) >= 11 is 0. The van der Waals surface area contributed by atoms with E-state index in [-0.39, 0.29) is 5.41 Å². The molecule has 0 N–H and O–H groups in total. The normalized spacial score (nSPS) is 14.4. The summed E-state index contributed by atoms with van der Waals surface area (Å²) in [5, 5.41) is 3.22. The largest absolute Gasteiger partial charge is 0.453 e. The fourth-order valence-corrected chi connectivity index (χ4v) is 7.08. The van der Waals surface area contributed by atoms with Gasteiger partial charge in [-0.3, -0.25) is 0 Å². The quantitative estimate of drug-likeness (QED) is 0.194. The molecule has 0 saturated carbocycles. The summed E-state index contributed by atoms with van der Waals surface area (Å²) in [7, 11) is 0. The Hall–Kier alpha value is -5.68. The van der Waals surface area contributed by atoms with Crippen LogP contribution in [-0.2, 0) is 5.41 Å². The lowest BCUT2D eigenvalue weighted by Gasteiger charge is -2.42. The molecule has 3 heterocycles. The van der Waals surface area contributed by atoms with E-state index in [0.29, 0.717) is 0 Å². The molecule has 0 amide bonds. The molecule has 9 rings (SSSR count). The van der Waals surface area contributed by atoms with Crippen LogP contribution in [0.15, 0.2) is 134 Å². The van der Waals surface area contributed by atoms with Crippen LogP contribution in [-0.4, -0.2) is 9.97 Å². The van der Waals surface area contributed by atoms with Gasteiger partial charge in [-0.15, -0.1) is 0 Å². The Bertz CT molecular complexity index is 2180. The van der Waals surface area contributed by atoms with E-state index in [9.17, 15) is 0 Å². The Morgan fingerprint density at radius 1 is 0.545 bits per heavy atom. The number of nitrogens with zero attached hydrogens (tertiary/aromatic N) is 4. The van der Waals surface area contributed by atoms with E-state index in [4.69, 9.17) is 9.72 Å².